The van der Waals surface area contributed by atoms with Crippen LogP contribution >= 0.6 is 0 Å². The molecule has 0 unspecified atom stereocenters. The molecule has 0 N–H and O–H groups in total. The third-order valence-corrected chi connectivity index (χ3v) is 2.51. The Bertz CT molecular complexity index is 121. The van der Waals surface area contributed by atoms with Crippen molar-refractivity contribution in [3.63, 3.8) is 0 Å². The summed E-state index contributed by atoms with van der Waals surface area (Å²) in [6.07, 6.45) is 4.81. The predicted octanol–water partition coefficient (Wildman–Crippen LogP) is 1.91. The molecule has 86 valence electrons. The van der Waals surface area contributed by atoms with E-state index in [0.29, 0.717) is 5.41 Å². The maximum Gasteiger partial charge on any atom is 0.145 e. The molecule has 0 radical (unpaired) electrons. The summed E-state index contributed by atoms with van der Waals surface area (Å²) in [6.45, 7) is 9.51. The van der Waals surface area contributed by atoms with Crippen molar-refractivity contribution in [2.45, 2.75) is 46.5 Å². The van der Waals surface area contributed by atoms with Gasteiger partial charge >= 0.3 is 0 Å². The molecular formula is C11H26O2Si. The molecule has 3 heteroatoms. The van der Waals surface area contributed by atoms with Gasteiger partial charge in [0, 0.05) is 19.8 Å². The van der Waals surface area contributed by atoms with Gasteiger partial charge in [0.25, 0.3) is 0 Å². The molecule has 0 aromatic rings. The number of rotatable bonds is 8. The summed E-state index contributed by atoms with van der Waals surface area (Å²) in [5.74, 6) is 0. The SMILES string of the molecule is CC(C)(C)CCCCOCCCO[SiH3]. The Hall–Kier alpha value is 0.137. The van der Waals surface area contributed by atoms with Crippen molar-refractivity contribution in [2.24, 2.45) is 5.41 Å². The molecule has 0 amide bonds. The fourth-order valence-corrected chi connectivity index (χ4v) is 1.56. The van der Waals surface area contributed by atoms with Crippen LogP contribution in [0, 0.1) is 5.41 Å². The Morgan fingerprint density at radius 1 is 0.929 bits per heavy atom. The first-order valence-electron chi connectivity index (χ1n) is 5.63. The van der Waals surface area contributed by atoms with Crippen LogP contribution in [0.15, 0.2) is 0 Å². The van der Waals surface area contributed by atoms with Gasteiger partial charge < -0.3 is 9.16 Å². The van der Waals surface area contributed by atoms with E-state index in [1.54, 1.807) is 0 Å². The lowest BCUT2D eigenvalue weighted by molar-refractivity contribution is 0.115. The lowest BCUT2D eigenvalue weighted by Crippen LogP contribution is -2.06. The summed E-state index contributed by atoms with van der Waals surface area (Å²) in [7, 11) is 0.848. The molecule has 0 bridgehead atoms. The van der Waals surface area contributed by atoms with E-state index in [-0.39, 0.29) is 0 Å². The highest BCUT2D eigenvalue weighted by Gasteiger charge is 2.08. The molecule has 0 spiro atoms. The molecule has 0 rings (SSSR count). The molecule has 0 aromatic heterocycles. The van der Waals surface area contributed by atoms with Gasteiger partial charge in [-0.15, -0.1) is 0 Å². The van der Waals surface area contributed by atoms with Crippen LogP contribution in [0.25, 0.3) is 0 Å². The number of unbranched alkanes of at least 4 members (excludes halogenated alkanes) is 1. The minimum absolute atomic E-state index is 0.473. The van der Waals surface area contributed by atoms with Crippen molar-refractivity contribution in [1.82, 2.24) is 0 Å². The molecule has 0 aromatic carbocycles. The lowest BCUT2D eigenvalue weighted by Gasteiger charge is -2.17. The number of hydrogen-bond acceptors (Lipinski definition) is 2. The Morgan fingerprint density at radius 2 is 1.57 bits per heavy atom. The largest absolute Gasteiger partial charge is 0.428 e. The van der Waals surface area contributed by atoms with Crippen LogP contribution in [0.3, 0.4) is 0 Å². The van der Waals surface area contributed by atoms with Gasteiger partial charge in [0.15, 0.2) is 0 Å². The lowest BCUT2D eigenvalue weighted by atomic mass is 9.90. The van der Waals surface area contributed by atoms with Crippen LogP contribution < -0.4 is 0 Å². The van der Waals surface area contributed by atoms with Crippen molar-refractivity contribution in [3.05, 3.63) is 0 Å². The van der Waals surface area contributed by atoms with Crippen LogP contribution in [0.1, 0.15) is 46.5 Å². The second-order valence-corrected chi connectivity index (χ2v) is 5.55. The fraction of sp³-hybridized carbons (Fsp3) is 1.00. The van der Waals surface area contributed by atoms with Gasteiger partial charge in [-0.3, -0.25) is 0 Å². The van der Waals surface area contributed by atoms with E-state index in [4.69, 9.17) is 9.16 Å². The zero-order chi connectivity index (χ0) is 10.9. The minimum Gasteiger partial charge on any atom is -0.428 e. The van der Waals surface area contributed by atoms with Crippen LogP contribution in [-0.4, -0.2) is 30.3 Å². The summed E-state index contributed by atoms with van der Waals surface area (Å²) < 4.78 is 10.6. The highest BCUT2D eigenvalue weighted by Crippen LogP contribution is 2.21. The van der Waals surface area contributed by atoms with E-state index >= 15 is 0 Å². The molecule has 0 fully saturated rings. The van der Waals surface area contributed by atoms with Crippen molar-refractivity contribution in [1.29, 1.82) is 0 Å². The topological polar surface area (TPSA) is 18.5 Å². The van der Waals surface area contributed by atoms with E-state index in [0.717, 1.165) is 36.7 Å². The third-order valence-electron chi connectivity index (χ3n) is 2.10. The Labute approximate surface area is 91.9 Å². The zero-order valence-corrected chi connectivity index (χ0v) is 12.3. The Morgan fingerprint density at radius 3 is 2.14 bits per heavy atom. The molecular weight excluding hydrogens is 192 g/mol. The van der Waals surface area contributed by atoms with Gasteiger partial charge in [0.05, 0.1) is 0 Å². The summed E-state index contributed by atoms with van der Waals surface area (Å²) in [6, 6.07) is 0. The van der Waals surface area contributed by atoms with Crippen LogP contribution in [0.5, 0.6) is 0 Å². The summed E-state index contributed by atoms with van der Waals surface area (Å²) in [5.41, 5.74) is 0.473. The standard InChI is InChI=1S/C11H26O2Si/c1-11(2,3)7-4-5-8-12-9-6-10-13-14/h4-10H2,1-3,14H3. The second kappa shape index (κ2) is 8.45. The van der Waals surface area contributed by atoms with Crippen molar-refractivity contribution >= 4 is 10.5 Å². The summed E-state index contributed by atoms with van der Waals surface area (Å²) in [4.78, 5) is 0. The van der Waals surface area contributed by atoms with Gasteiger partial charge in [-0.25, -0.2) is 0 Å². The van der Waals surface area contributed by atoms with Crippen LogP contribution in [0.4, 0.5) is 0 Å². The van der Waals surface area contributed by atoms with E-state index < -0.39 is 0 Å². The average molecular weight is 218 g/mol. The smallest absolute Gasteiger partial charge is 0.145 e. The molecule has 0 heterocycles. The molecule has 0 aliphatic heterocycles. The van der Waals surface area contributed by atoms with E-state index in [1.165, 1.54) is 19.3 Å². The maximum atomic E-state index is 5.49. The highest BCUT2D eigenvalue weighted by atomic mass is 28.2. The molecule has 0 aliphatic rings. The first-order valence-corrected chi connectivity index (χ1v) is 6.44. The average Bonchev–Trinajstić information content (AvgIpc) is 2.08. The number of ether oxygens (including phenoxy) is 1. The first-order chi connectivity index (χ1) is 6.56. The third kappa shape index (κ3) is 12.1. The zero-order valence-electron chi connectivity index (χ0n) is 10.3. The van der Waals surface area contributed by atoms with Crippen LogP contribution in [0.2, 0.25) is 0 Å². The summed E-state index contributed by atoms with van der Waals surface area (Å²) in [5, 5.41) is 0. The normalized spacial score (nSPS) is 12.2. The van der Waals surface area contributed by atoms with Gasteiger partial charge in [0.2, 0.25) is 0 Å². The molecule has 0 saturated carbocycles. The van der Waals surface area contributed by atoms with Crippen molar-refractivity contribution in [2.75, 3.05) is 19.8 Å². The number of hydrogen-bond donors (Lipinski definition) is 0. The highest BCUT2D eigenvalue weighted by molar-refractivity contribution is 5.97. The van der Waals surface area contributed by atoms with E-state index in [1.807, 2.05) is 0 Å². The van der Waals surface area contributed by atoms with Gasteiger partial charge in [-0.1, -0.05) is 27.2 Å². The fourth-order valence-electron chi connectivity index (χ4n) is 1.27. The first kappa shape index (κ1) is 14.1. The van der Waals surface area contributed by atoms with Crippen molar-refractivity contribution in [3.8, 4) is 0 Å². The van der Waals surface area contributed by atoms with E-state index in [2.05, 4.69) is 20.8 Å². The molecule has 0 atom stereocenters. The quantitative estimate of drug-likeness (QED) is 0.458. The maximum absolute atomic E-state index is 5.49. The molecule has 14 heavy (non-hydrogen) atoms. The Balaban J connectivity index is 2.99. The predicted molar refractivity (Wildman–Crippen MR) is 64.6 cm³/mol. The summed E-state index contributed by atoms with van der Waals surface area (Å²) >= 11 is 0. The van der Waals surface area contributed by atoms with Gasteiger partial charge in [0.1, 0.15) is 10.5 Å². The van der Waals surface area contributed by atoms with E-state index in [9.17, 15) is 0 Å². The van der Waals surface area contributed by atoms with Gasteiger partial charge in [-0.05, 0) is 24.7 Å². The second-order valence-electron chi connectivity index (χ2n) is 4.98. The minimum atomic E-state index is 0.473. The van der Waals surface area contributed by atoms with Crippen molar-refractivity contribution < 1.29 is 9.16 Å². The van der Waals surface area contributed by atoms with Crippen LogP contribution in [-0.2, 0) is 9.16 Å². The molecule has 0 aliphatic carbocycles. The molecule has 0 saturated heterocycles. The Kier molecular flexibility index (Phi) is 8.53. The van der Waals surface area contributed by atoms with Gasteiger partial charge in [-0.2, -0.15) is 0 Å². The molecule has 2 nitrogen and oxygen atoms in total. The monoisotopic (exact) mass is 218 g/mol.